The van der Waals surface area contributed by atoms with Crippen LogP contribution in [0.4, 0.5) is 0 Å². The Morgan fingerprint density at radius 1 is 1.57 bits per heavy atom. The second-order valence-electron chi connectivity index (χ2n) is 3.95. The first kappa shape index (κ1) is 11.5. The second-order valence-corrected chi connectivity index (χ2v) is 3.95. The highest BCUT2D eigenvalue weighted by molar-refractivity contribution is 5.79. The maximum Gasteiger partial charge on any atom is 0.236 e. The lowest BCUT2D eigenvalue weighted by Gasteiger charge is -2.38. The third-order valence-electron chi connectivity index (χ3n) is 2.75. The molecule has 4 heteroatoms. The van der Waals surface area contributed by atoms with Crippen LogP contribution in [0.1, 0.15) is 13.3 Å². The fraction of sp³-hybridized carbons (Fsp3) is 0.900. The van der Waals surface area contributed by atoms with Crippen molar-refractivity contribution in [1.29, 1.82) is 0 Å². The fourth-order valence-corrected chi connectivity index (χ4v) is 1.92. The SMILES string of the molecule is CCCN1CC(=O)N(C)C(CNC)C1. The van der Waals surface area contributed by atoms with Crippen LogP contribution in [0, 0.1) is 0 Å². The van der Waals surface area contributed by atoms with Crippen LogP contribution in [0.3, 0.4) is 0 Å². The number of rotatable bonds is 4. The van der Waals surface area contributed by atoms with E-state index in [4.69, 9.17) is 0 Å². The molecule has 1 amide bonds. The molecule has 0 bridgehead atoms. The van der Waals surface area contributed by atoms with Gasteiger partial charge in [0.1, 0.15) is 0 Å². The summed E-state index contributed by atoms with van der Waals surface area (Å²) in [7, 11) is 3.82. The Kier molecular flexibility index (Phi) is 4.35. The largest absolute Gasteiger partial charge is 0.339 e. The molecule has 1 unspecified atom stereocenters. The summed E-state index contributed by atoms with van der Waals surface area (Å²) >= 11 is 0. The highest BCUT2D eigenvalue weighted by atomic mass is 16.2. The van der Waals surface area contributed by atoms with E-state index in [1.807, 2.05) is 19.0 Å². The number of carbonyl (C=O) groups excluding carboxylic acids is 1. The Morgan fingerprint density at radius 3 is 2.86 bits per heavy atom. The van der Waals surface area contributed by atoms with Gasteiger partial charge in [-0.3, -0.25) is 9.69 Å². The van der Waals surface area contributed by atoms with Crippen molar-refractivity contribution in [2.75, 3.05) is 40.3 Å². The first-order valence-corrected chi connectivity index (χ1v) is 5.31. The number of likely N-dealkylation sites (N-methyl/N-ethyl adjacent to an activating group) is 2. The van der Waals surface area contributed by atoms with E-state index in [-0.39, 0.29) is 5.91 Å². The molecule has 1 rings (SSSR count). The van der Waals surface area contributed by atoms with Gasteiger partial charge in [-0.05, 0) is 20.0 Å². The molecule has 0 aliphatic carbocycles. The monoisotopic (exact) mass is 199 g/mol. The quantitative estimate of drug-likeness (QED) is 0.678. The van der Waals surface area contributed by atoms with Gasteiger partial charge >= 0.3 is 0 Å². The maximum absolute atomic E-state index is 11.6. The minimum absolute atomic E-state index is 0.241. The van der Waals surface area contributed by atoms with Crippen molar-refractivity contribution in [2.24, 2.45) is 0 Å². The molecule has 0 saturated carbocycles. The van der Waals surface area contributed by atoms with Gasteiger partial charge in [-0.2, -0.15) is 0 Å². The van der Waals surface area contributed by atoms with Crippen LogP contribution < -0.4 is 5.32 Å². The third-order valence-corrected chi connectivity index (χ3v) is 2.75. The van der Waals surface area contributed by atoms with Gasteiger partial charge in [0, 0.05) is 20.1 Å². The molecule has 1 aliphatic heterocycles. The van der Waals surface area contributed by atoms with Crippen molar-refractivity contribution in [1.82, 2.24) is 15.1 Å². The lowest BCUT2D eigenvalue weighted by molar-refractivity contribution is -0.137. The molecular weight excluding hydrogens is 178 g/mol. The summed E-state index contributed by atoms with van der Waals surface area (Å²) < 4.78 is 0. The average Bonchev–Trinajstić information content (AvgIpc) is 2.14. The Balaban J connectivity index is 2.52. The van der Waals surface area contributed by atoms with Crippen LogP contribution in [0.5, 0.6) is 0 Å². The number of nitrogens with one attached hydrogen (secondary N) is 1. The molecule has 1 N–H and O–H groups in total. The normalized spacial score (nSPS) is 24.4. The van der Waals surface area contributed by atoms with E-state index in [0.29, 0.717) is 12.6 Å². The van der Waals surface area contributed by atoms with E-state index in [1.165, 1.54) is 0 Å². The van der Waals surface area contributed by atoms with E-state index in [9.17, 15) is 4.79 Å². The molecule has 1 heterocycles. The molecule has 1 atom stereocenters. The molecule has 82 valence electrons. The highest BCUT2D eigenvalue weighted by Gasteiger charge is 2.28. The van der Waals surface area contributed by atoms with Gasteiger partial charge in [-0.15, -0.1) is 0 Å². The van der Waals surface area contributed by atoms with Crippen LogP contribution >= 0.6 is 0 Å². The number of hydrogen-bond donors (Lipinski definition) is 1. The van der Waals surface area contributed by atoms with E-state index in [1.54, 1.807) is 0 Å². The maximum atomic E-state index is 11.6. The number of carbonyl (C=O) groups is 1. The molecule has 0 aromatic heterocycles. The van der Waals surface area contributed by atoms with Gasteiger partial charge in [-0.25, -0.2) is 0 Å². The minimum Gasteiger partial charge on any atom is -0.339 e. The number of amides is 1. The van der Waals surface area contributed by atoms with Gasteiger partial charge in [0.25, 0.3) is 0 Å². The third kappa shape index (κ3) is 2.69. The van der Waals surface area contributed by atoms with Crippen LogP contribution in [-0.2, 0) is 4.79 Å². The van der Waals surface area contributed by atoms with Gasteiger partial charge in [0.05, 0.1) is 12.6 Å². The van der Waals surface area contributed by atoms with Gasteiger partial charge in [0.15, 0.2) is 0 Å². The van der Waals surface area contributed by atoms with Crippen LogP contribution in [0.15, 0.2) is 0 Å². The predicted molar refractivity (Wildman–Crippen MR) is 57.2 cm³/mol. The van der Waals surface area contributed by atoms with Crippen molar-refractivity contribution in [3.63, 3.8) is 0 Å². The second kappa shape index (κ2) is 5.32. The topological polar surface area (TPSA) is 35.6 Å². The Bertz CT molecular complexity index is 196. The molecule has 14 heavy (non-hydrogen) atoms. The lowest BCUT2D eigenvalue weighted by atomic mass is 10.1. The van der Waals surface area contributed by atoms with Crippen molar-refractivity contribution >= 4 is 5.91 Å². The average molecular weight is 199 g/mol. The first-order chi connectivity index (χ1) is 6.69. The van der Waals surface area contributed by atoms with Crippen LogP contribution in [0.2, 0.25) is 0 Å². The molecule has 0 aromatic rings. The van der Waals surface area contributed by atoms with Crippen LogP contribution in [-0.4, -0.2) is 62.0 Å². The zero-order valence-electron chi connectivity index (χ0n) is 9.42. The Labute approximate surface area is 86.2 Å². The first-order valence-electron chi connectivity index (χ1n) is 5.31. The van der Waals surface area contributed by atoms with Crippen LogP contribution in [0.25, 0.3) is 0 Å². The summed E-state index contributed by atoms with van der Waals surface area (Å²) in [5.41, 5.74) is 0. The molecule has 1 saturated heterocycles. The number of hydrogen-bond acceptors (Lipinski definition) is 3. The van der Waals surface area contributed by atoms with E-state index >= 15 is 0 Å². The number of piperazine rings is 1. The van der Waals surface area contributed by atoms with Gasteiger partial charge in [0.2, 0.25) is 5.91 Å². The molecule has 0 aromatic carbocycles. The van der Waals surface area contributed by atoms with Crippen molar-refractivity contribution in [3.8, 4) is 0 Å². The molecule has 0 spiro atoms. The van der Waals surface area contributed by atoms with Crippen molar-refractivity contribution < 1.29 is 4.79 Å². The molecular formula is C10H21N3O. The fourth-order valence-electron chi connectivity index (χ4n) is 1.92. The van der Waals surface area contributed by atoms with Gasteiger partial charge in [-0.1, -0.05) is 6.92 Å². The molecule has 1 fully saturated rings. The highest BCUT2D eigenvalue weighted by Crippen LogP contribution is 2.08. The Morgan fingerprint density at radius 2 is 2.29 bits per heavy atom. The van der Waals surface area contributed by atoms with E-state index in [2.05, 4.69) is 17.1 Å². The predicted octanol–water partition coefficient (Wildman–Crippen LogP) is -0.242. The summed E-state index contributed by atoms with van der Waals surface area (Å²) in [6.45, 7) is 5.64. The zero-order valence-corrected chi connectivity index (χ0v) is 9.42. The van der Waals surface area contributed by atoms with E-state index in [0.717, 1.165) is 26.1 Å². The Hall–Kier alpha value is -0.610. The summed E-state index contributed by atoms with van der Waals surface area (Å²) in [5.74, 6) is 0.241. The lowest BCUT2D eigenvalue weighted by Crippen LogP contribution is -2.57. The van der Waals surface area contributed by atoms with E-state index < -0.39 is 0 Å². The summed E-state index contributed by atoms with van der Waals surface area (Å²) in [6, 6.07) is 0.327. The van der Waals surface area contributed by atoms with Crippen molar-refractivity contribution in [3.05, 3.63) is 0 Å². The summed E-state index contributed by atoms with van der Waals surface area (Å²) in [4.78, 5) is 15.7. The van der Waals surface area contributed by atoms with Crippen molar-refractivity contribution in [2.45, 2.75) is 19.4 Å². The zero-order chi connectivity index (χ0) is 10.6. The standard InChI is InChI=1S/C10H21N3O/c1-4-5-13-7-9(6-11-2)12(3)10(14)8-13/h9,11H,4-8H2,1-3H3. The molecule has 0 radical (unpaired) electrons. The molecule has 4 nitrogen and oxygen atoms in total. The molecule has 1 aliphatic rings. The smallest absolute Gasteiger partial charge is 0.236 e. The number of nitrogens with zero attached hydrogens (tertiary/aromatic N) is 2. The minimum atomic E-state index is 0.241. The summed E-state index contributed by atoms with van der Waals surface area (Å²) in [5, 5.41) is 3.13. The van der Waals surface area contributed by atoms with Gasteiger partial charge < -0.3 is 10.2 Å². The summed E-state index contributed by atoms with van der Waals surface area (Å²) in [6.07, 6.45) is 1.11.